The van der Waals surface area contributed by atoms with Gasteiger partial charge in [-0.25, -0.2) is 4.79 Å². The van der Waals surface area contributed by atoms with Crippen molar-refractivity contribution in [3.63, 3.8) is 0 Å². The average molecular weight is 321 g/mol. The molecule has 0 saturated carbocycles. The van der Waals surface area contributed by atoms with Crippen LogP contribution in [-0.2, 0) is 4.74 Å². The Labute approximate surface area is 135 Å². The minimum Gasteiger partial charge on any atom is -0.462 e. The Balaban J connectivity index is 1.81. The largest absolute Gasteiger partial charge is 0.462 e. The molecule has 0 spiro atoms. The highest BCUT2D eigenvalue weighted by Gasteiger charge is 2.17. The molecular formula is C16H23N3O4. The Morgan fingerprint density at radius 3 is 2.74 bits per heavy atom. The number of carbonyl (C=O) groups is 2. The minimum absolute atomic E-state index is 0.197. The summed E-state index contributed by atoms with van der Waals surface area (Å²) in [6, 6.07) is 1.48. The number of carbonyl (C=O) groups excluding carboxylic acids is 2. The lowest BCUT2D eigenvalue weighted by Crippen LogP contribution is -2.40. The van der Waals surface area contributed by atoms with E-state index in [4.69, 9.17) is 4.74 Å². The number of piperidine rings is 1. The standard InChI is InChI=1S/C16H23N3O4/c1-2-23-16(22)13-9-12(10-17-11-13)15(21)18-5-8-19-6-3-14(20)4-7-19/h9-11,14,20H,2-8H2,1H3,(H,18,21). The zero-order chi connectivity index (χ0) is 16.7. The highest BCUT2D eigenvalue weighted by atomic mass is 16.5. The molecule has 1 aromatic rings. The van der Waals surface area contributed by atoms with Gasteiger partial charge in [-0.3, -0.25) is 9.78 Å². The van der Waals surface area contributed by atoms with Gasteiger partial charge in [-0.05, 0) is 25.8 Å². The summed E-state index contributed by atoms with van der Waals surface area (Å²) in [5.74, 6) is -0.748. The number of nitrogens with one attached hydrogen (secondary N) is 1. The first-order valence-corrected chi connectivity index (χ1v) is 7.91. The number of likely N-dealkylation sites (tertiary alicyclic amines) is 1. The van der Waals surface area contributed by atoms with Crippen LogP contribution in [0.1, 0.15) is 40.5 Å². The Hall–Kier alpha value is -1.99. The first-order valence-electron chi connectivity index (χ1n) is 7.91. The molecule has 7 heteroatoms. The summed E-state index contributed by atoms with van der Waals surface area (Å²) < 4.78 is 4.89. The van der Waals surface area contributed by atoms with Crippen molar-refractivity contribution >= 4 is 11.9 Å². The molecule has 1 aromatic heterocycles. The molecule has 0 bridgehead atoms. The Morgan fingerprint density at radius 1 is 1.35 bits per heavy atom. The molecule has 2 heterocycles. The van der Waals surface area contributed by atoms with Crippen LogP contribution in [-0.4, -0.2) is 65.8 Å². The maximum absolute atomic E-state index is 12.1. The van der Waals surface area contributed by atoms with Crippen molar-refractivity contribution in [1.29, 1.82) is 0 Å². The summed E-state index contributed by atoms with van der Waals surface area (Å²) in [5.41, 5.74) is 0.606. The van der Waals surface area contributed by atoms with Gasteiger partial charge in [0.05, 0.1) is 23.8 Å². The number of esters is 1. The first kappa shape index (κ1) is 17.4. The lowest BCUT2D eigenvalue weighted by molar-refractivity contribution is 0.0526. The quantitative estimate of drug-likeness (QED) is 0.739. The van der Waals surface area contributed by atoms with Gasteiger partial charge in [-0.2, -0.15) is 0 Å². The van der Waals surface area contributed by atoms with E-state index < -0.39 is 5.97 Å². The summed E-state index contributed by atoms with van der Waals surface area (Å²) >= 11 is 0. The molecule has 1 aliphatic rings. The van der Waals surface area contributed by atoms with Crippen molar-refractivity contribution in [2.75, 3.05) is 32.8 Å². The summed E-state index contributed by atoms with van der Waals surface area (Å²) in [4.78, 5) is 29.9. The zero-order valence-electron chi connectivity index (χ0n) is 13.3. The molecule has 2 rings (SSSR count). The van der Waals surface area contributed by atoms with Crippen molar-refractivity contribution in [3.8, 4) is 0 Å². The number of aromatic nitrogens is 1. The number of rotatable bonds is 6. The fourth-order valence-electron chi connectivity index (χ4n) is 2.46. The molecule has 7 nitrogen and oxygen atoms in total. The molecule has 1 aliphatic heterocycles. The highest BCUT2D eigenvalue weighted by Crippen LogP contribution is 2.09. The molecule has 0 aliphatic carbocycles. The van der Waals surface area contributed by atoms with Crippen LogP contribution < -0.4 is 5.32 Å². The van der Waals surface area contributed by atoms with Gasteiger partial charge in [0.15, 0.2) is 0 Å². The van der Waals surface area contributed by atoms with Gasteiger partial charge in [0.1, 0.15) is 0 Å². The van der Waals surface area contributed by atoms with Gasteiger partial charge >= 0.3 is 5.97 Å². The predicted molar refractivity (Wildman–Crippen MR) is 84.2 cm³/mol. The van der Waals surface area contributed by atoms with Crippen LogP contribution in [0.3, 0.4) is 0 Å². The van der Waals surface area contributed by atoms with Gasteiger partial charge in [0.2, 0.25) is 0 Å². The molecule has 0 atom stereocenters. The van der Waals surface area contributed by atoms with E-state index in [0.29, 0.717) is 12.1 Å². The Morgan fingerprint density at radius 2 is 2.04 bits per heavy atom. The molecule has 1 saturated heterocycles. The van der Waals surface area contributed by atoms with E-state index in [0.717, 1.165) is 32.5 Å². The van der Waals surface area contributed by atoms with Gasteiger partial charge < -0.3 is 20.1 Å². The van der Waals surface area contributed by atoms with Crippen molar-refractivity contribution in [3.05, 3.63) is 29.6 Å². The SMILES string of the molecule is CCOC(=O)c1cncc(C(=O)NCCN2CCC(O)CC2)c1. The van der Waals surface area contributed by atoms with Crippen molar-refractivity contribution in [2.45, 2.75) is 25.9 Å². The second-order valence-corrected chi connectivity index (χ2v) is 5.51. The fraction of sp³-hybridized carbons (Fsp3) is 0.562. The van der Waals surface area contributed by atoms with Crippen LogP contribution in [0.2, 0.25) is 0 Å². The molecule has 126 valence electrons. The third-order valence-corrected chi connectivity index (χ3v) is 3.78. The van der Waals surface area contributed by atoms with Gasteiger partial charge in [-0.15, -0.1) is 0 Å². The molecule has 0 aromatic carbocycles. The van der Waals surface area contributed by atoms with Crippen molar-refractivity contribution < 1.29 is 19.4 Å². The third-order valence-electron chi connectivity index (χ3n) is 3.78. The van der Waals surface area contributed by atoms with E-state index in [-0.39, 0.29) is 24.2 Å². The van der Waals surface area contributed by atoms with E-state index >= 15 is 0 Å². The number of aliphatic hydroxyl groups excluding tert-OH is 1. The molecule has 0 radical (unpaired) electrons. The van der Waals surface area contributed by atoms with Crippen LogP contribution in [0.15, 0.2) is 18.5 Å². The van der Waals surface area contributed by atoms with E-state index in [1.54, 1.807) is 6.92 Å². The van der Waals surface area contributed by atoms with Crippen LogP contribution in [0.5, 0.6) is 0 Å². The number of pyridine rings is 1. The molecule has 2 N–H and O–H groups in total. The van der Waals surface area contributed by atoms with Crippen LogP contribution in [0.4, 0.5) is 0 Å². The Kier molecular flexibility index (Phi) is 6.49. The Bertz CT molecular complexity index is 542. The van der Waals surface area contributed by atoms with Crippen LogP contribution in [0, 0.1) is 0 Å². The highest BCUT2D eigenvalue weighted by molar-refractivity contribution is 5.97. The normalized spacial score (nSPS) is 16.1. The zero-order valence-corrected chi connectivity index (χ0v) is 13.3. The van der Waals surface area contributed by atoms with E-state index in [2.05, 4.69) is 15.2 Å². The first-order chi connectivity index (χ1) is 11.1. The number of aliphatic hydroxyl groups is 1. The number of hydrogen-bond donors (Lipinski definition) is 2. The van der Waals surface area contributed by atoms with Crippen molar-refractivity contribution in [1.82, 2.24) is 15.2 Å². The summed E-state index contributed by atoms with van der Waals surface area (Å²) in [5, 5.41) is 12.3. The lowest BCUT2D eigenvalue weighted by Gasteiger charge is -2.29. The maximum atomic E-state index is 12.1. The fourth-order valence-corrected chi connectivity index (χ4v) is 2.46. The van der Waals surface area contributed by atoms with Crippen LogP contribution >= 0.6 is 0 Å². The molecular weight excluding hydrogens is 298 g/mol. The molecule has 1 amide bonds. The molecule has 0 unspecified atom stereocenters. The average Bonchev–Trinajstić information content (AvgIpc) is 2.57. The topological polar surface area (TPSA) is 91.8 Å². The van der Waals surface area contributed by atoms with Gasteiger partial charge in [0, 0.05) is 38.6 Å². The van der Waals surface area contributed by atoms with Gasteiger partial charge in [-0.1, -0.05) is 0 Å². The maximum Gasteiger partial charge on any atom is 0.339 e. The predicted octanol–water partition coefficient (Wildman–Crippen LogP) is 0.445. The second kappa shape index (κ2) is 8.59. The number of ether oxygens (including phenoxy) is 1. The number of hydrogen-bond acceptors (Lipinski definition) is 6. The third kappa shape index (κ3) is 5.30. The summed E-state index contributed by atoms with van der Waals surface area (Å²) in [6.45, 7) is 4.94. The molecule has 23 heavy (non-hydrogen) atoms. The summed E-state index contributed by atoms with van der Waals surface area (Å²) in [7, 11) is 0. The minimum atomic E-state index is -0.485. The smallest absolute Gasteiger partial charge is 0.339 e. The monoisotopic (exact) mass is 321 g/mol. The van der Waals surface area contributed by atoms with E-state index in [1.807, 2.05) is 0 Å². The van der Waals surface area contributed by atoms with Crippen molar-refractivity contribution in [2.24, 2.45) is 0 Å². The summed E-state index contributed by atoms with van der Waals surface area (Å²) in [6.07, 6.45) is 4.17. The number of amides is 1. The van der Waals surface area contributed by atoms with Crippen LogP contribution in [0.25, 0.3) is 0 Å². The van der Waals surface area contributed by atoms with Gasteiger partial charge in [0.25, 0.3) is 5.91 Å². The molecule has 1 fully saturated rings. The number of nitrogens with zero attached hydrogens (tertiary/aromatic N) is 2. The second-order valence-electron chi connectivity index (χ2n) is 5.51. The lowest BCUT2D eigenvalue weighted by atomic mass is 10.1. The van der Waals surface area contributed by atoms with E-state index in [9.17, 15) is 14.7 Å². The van der Waals surface area contributed by atoms with E-state index in [1.165, 1.54) is 18.5 Å².